The molecule has 0 saturated carbocycles. The SMILES string of the molecule is CCCCCN(CCO)C(=O)c1cc(F)cc(Cl)c1O. The van der Waals surface area contributed by atoms with Crippen molar-refractivity contribution >= 4 is 17.5 Å². The van der Waals surface area contributed by atoms with Crippen LogP contribution in [-0.2, 0) is 0 Å². The van der Waals surface area contributed by atoms with E-state index in [0.29, 0.717) is 6.54 Å². The molecule has 1 aromatic rings. The number of aromatic hydroxyl groups is 1. The number of aliphatic hydroxyl groups is 1. The van der Waals surface area contributed by atoms with Crippen LogP contribution in [0.2, 0.25) is 5.02 Å². The number of rotatable bonds is 7. The molecule has 0 aromatic heterocycles. The van der Waals surface area contributed by atoms with Crippen LogP contribution in [0.1, 0.15) is 36.5 Å². The summed E-state index contributed by atoms with van der Waals surface area (Å²) in [6.45, 7) is 2.43. The van der Waals surface area contributed by atoms with Gasteiger partial charge in [0, 0.05) is 13.1 Å². The molecule has 112 valence electrons. The summed E-state index contributed by atoms with van der Waals surface area (Å²) < 4.78 is 13.3. The third kappa shape index (κ3) is 4.35. The summed E-state index contributed by atoms with van der Waals surface area (Å²) in [7, 11) is 0. The number of benzene rings is 1. The second-order valence-electron chi connectivity index (χ2n) is 4.51. The first kappa shape index (κ1) is 16.7. The highest BCUT2D eigenvalue weighted by Crippen LogP contribution is 2.29. The Hall–Kier alpha value is -1.33. The number of amides is 1. The number of aliphatic hydroxyl groups excluding tert-OH is 1. The lowest BCUT2D eigenvalue weighted by Crippen LogP contribution is -2.34. The van der Waals surface area contributed by atoms with E-state index in [0.717, 1.165) is 31.4 Å². The zero-order valence-corrected chi connectivity index (χ0v) is 12.2. The molecule has 0 saturated heterocycles. The smallest absolute Gasteiger partial charge is 0.257 e. The van der Waals surface area contributed by atoms with Crippen LogP contribution >= 0.6 is 11.6 Å². The number of hydrogen-bond acceptors (Lipinski definition) is 3. The maximum atomic E-state index is 13.3. The Labute approximate surface area is 122 Å². The Bertz CT molecular complexity index is 468. The fraction of sp³-hybridized carbons (Fsp3) is 0.500. The van der Waals surface area contributed by atoms with Gasteiger partial charge >= 0.3 is 0 Å². The fourth-order valence-corrected chi connectivity index (χ4v) is 2.09. The van der Waals surface area contributed by atoms with Gasteiger partial charge in [-0.1, -0.05) is 31.4 Å². The Balaban J connectivity index is 2.93. The lowest BCUT2D eigenvalue weighted by atomic mass is 10.1. The van der Waals surface area contributed by atoms with Gasteiger partial charge in [-0.3, -0.25) is 4.79 Å². The molecule has 0 radical (unpaired) electrons. The summed E-state index contributed by atoms with van der Waals surface area (Å²) in [5.41, 5.74) is -0.181. The lowest BCUT2D eigenvalue weighted by molar-refractivity contribution is 0.0715. The summed E-state index contributed by atoms with van der Waals surface area (Å²) >= 11 is 5.66. The summed E-state index contributed by atoms with van der Waals surface area (Å²) in [5.74, 6) is -1.65. The van der Waals surface area contributed by atoms with E-state index in [9.17, 15) is 14.3 Å². The zero-order valence-electron chi connectivity index (χ0n) is 11.4. The van der Waals surface area contributed by atoms with Crippen molar-refractivity contribution in [3.05, 3.63) is 28.5 Å². The number of carbonyl (C=O) groups is 1. The zero-order chi connectivity index (χ0) is 15.1. The minimum Gasteiger partial charge on any atom is -0.506 e. The lowest BCUT2D eigenvalue weighted by Gasteiger charge is -2.22. The van der Waals surface area contributed by atoms with Gasteiger partial charge in [0.25, 0.3) is 5.91 Å². The summed E-state index contributed by atoms with van der Waals surface area (Å²) in [6.07, 6.45) is 2.73. The molecule has 1 amide bonds. The van der Waals surface area contributed by atoms with Crippen molar-refractivity contribution < 1.29 is 19.4 Å². The van der Waals surface area contributed by atoms with E-state index >= 15 is 0 Å². The number of phenolic OH excluding ortho intramolecular Hbond substituents is 1. The Morgan fingerprint density at radius 2 is 2.05 bits per heavy atom. The second-order valence-corrected chi connectivity index (χ2v) is 4.91. The van der Waals surface area contributed by atoms with E-state index < -0.39 is 17.5 Å². The molecular formula is C14H19ClFNO3. The predicted octanol–water partition coefficient (Wildman–Crippen LogP) is 2.81. The molecule has 0 spiro atoms. The van der Waals surface area contributed by atoms with Crippen molar-refractivity contribution in [2.45, 2.75) is 26.2 Å². The molecule has 0 atom stereocenters. The molecule has 1 rings (SSSR count). The first-order valence-corrected chi connectivity index (χ1v) is 6.97. The first-order chi connectivity index (χ1) is 9.51. The Morgan fingerprint density at radius 3 is 2.65 bits per heavy atom. The van der Waals surface area contributed by atoms with E-state index in [1.165, 1.54) is 4.90 Å². The minimum absolute atomic E-state index is 0.135. The third-order valence-electron chi connectivity index (χ3n) is 2.95. The number of phenols is 1. The topological polar surface area (TPSA) is 60.8 Å². The molecule has 1 aromatic carbocycles. The highest BCUT2D eigenvalue weighted by atomic mass is 35.5. The highest BCUT2D eigenvalue weighted by Gasteiger charge is 2.21. The van der Waals surface area contributed by atoms with Crippen molar-refractivity contribution in [2.24, 2.45) is 0 Å². The molecule has 4 nitrogen and oxygen atoms in total. The molecule has 0 fully saturated rings. The molecule has 0 bridgehead atoms. The number of unbranched alkanes of at least 4 members (excludes halogenated alkanes) is 2. The van der Waals surface area contributed by atoms with Crippen molar-refractivity contribution in [1.29, 1.82) is 0 Å². The summed E-state index contributed by atoms with van der Waals surface area (Å²) in [6, 6.07) is 1.90. The van der Waals surface area contributed by atoms with Gasteiger partial charge in [-0.2, -0.15) is 0 Å². The van der Waals surface area contributed by atoms with Crippen LogP contribution in [0.15, 0.2) is 12.1 Å². The number of nitrogens with zero attached hydrogens (tertiary/aromatic N) is 1. The molecule has 0 heterocycles. The standard InChI is InChI=1S/C14H19ClFNO3/c1-2-3-4-5-17(6-7-18)14(20)11-8-10(16)9-12(15)13(11)19/h8-9,18-19H,2-7H2,1H3. The maximum Gasteiger partial charge on any atom is 0.257 e. The average Bonchev–Trinajstić information content (AvgIpc) is 2.41. The summed E-state index contributed by atoms with van der Waals surface area (Å²) in [4.78, 5) is 13.7. The minimum atomic E-state index is -0.686. The van der Waals surface area contributed by atoms with E-state index in [4.69, 9.17) is 16.7 Å². The van der Waals surface area contributed by atoms with Crippen LogP contribution < -0.4 is 0 Å². The molecule has 20 heavy (non-hydrogen) atoms. The monoisotopic (exact) mass is 303 g/mol. The molecule has 0 aliphatic carbocycles. The van der Waals surface area contributed by atoms with Gasteiger partial charge in [0.2, 0.25) is 0 Å². The van der Waals surface area contributed by atoms with Crippen LogP contribution in [0.25, 0.3) is 0 Å². The highest BCUT2D eigenvalue weighted by molar-refractivity contribution is 6.32. The normalized spacial score (nSPS) is 10.6. The van der Waals surface area contributed by atoms with Gasteiger partial charge in [-0.05, 0) is 18.6 Å². The maximum absolute atomic E-state index is 13.3. The van der Waals surface area contributed by atoms with E-state index in [1.54, 1.807) is 0 Å². The van der Waals surface area contributed by atoms with Crippen LogP contribution in [0.3, 0.4) is 0 Å². The first-order valence-electron chi connectivity index (χ1n) is 6.59. The average molecular weight is 304 g/mol. The molecule has 0 aliphatic rings. The molecule has 0 unspecified atom stereocenters. The third-order valence-corrected chi connectivity index (χ3v) is 3.24. The van der Waals surface area contributed by atoms with Gasteiger partial charge < -0.3 is 15.1 Å². The van der Waals surface area contributed by atoms with Crippen molar-refractivity contribution in [3.8, 4) is 5.75 Å². The van der Waals surface area contributed by atoms with Crippen LogP contribution in [0, 0.1) is 5.82 Å². The predicted molar refractivity (Wildman–Crippen MR) is 75.6 cm³/mol. The second kappa shape index (κ2) is 8.07. The van der Waals surface area contributed by atoms with Gasteiger partial charge in [0.1, 0.15) is 11.6 Å². The van der Waals surface area contributed by atoms with Gasteiger partial charge in [0.05, 0.1) is 17.2 Å². The molecule has 6 heteroatoms. The van der Waals surface area contributed by atoms with Crippen molar-refractivity contribution in [2.75, 3.05) is 19.7 Å². The van der Waals surface area contributed by atoms with Crippen molar-refractivity contribution in [3.63, 3.8) is 0 Å². The van der Waals surface area contributed by atoms with Gasteiger partial charge in [0.15, 0.2) is 0 Å². The van der Waals surface area contributed by atoms with Gasteiger partial charge in [-0.15, -0.1) is 0 Å². The number of carbonyl (C=O) groups excluding carboxylic acids is 1. The number of halogens is 2. The van der Waals surface area contributed by atoms with Crippen LogP contribution in [0.4, 0.5) is 4.39 Å². The largest absolute Gasteiger partial charge is 0.506 e. The Kier molecular flexibility index (Phi) is 6.75. The molecule has 0 aliphatic heterocycles. The molecular weight excluding hydrogens is 285 g/mol. The molecule has 2 N–H and O–H groups in total. The van der Waals surface area contributed by atoms with Crippen LogP contribution in [0.5, 0.6) is 5.75 Å². The summed E-state index contributed by atoms with van der Waals surface area (Å²) in [5, 5.41) is 18.6. The van der Waals surface area contributed by atoms with E-state index in [2.05, 4.69) is 0 Å². The van der Waals surface area contributed by atoms with E-state index in [-0.39, 0.29) is 23.7 Å². The fourth-order valence-electron chi connectivity index (χ4n) is 1.89. The van der Waals surface area contributed by atoms with E-state index in [1.807, 2.05) is 6.92 Å². The van der Waals surface area contributed by atoms with Gasteiger partial charge in [-0.25, -0.2) is 4.39 Å². The van der Waals surface area contributed by atoms with Crippen molar-refractivity contribution in [1.82, 2.24) is 4.90 Å². The van der Waals surface area contributed by atoms with Crippen LogP contribution in [-0.4, -0.2) is 40.7 Å². The number of hydrogen-bond donors (Lipinski definition) is 2. The Morgan fingerprint density at radius 1 is 1.35 bits per heavy atom. The quantitative estimate of drug-likeness (QED) is 0.761.